The van der Waals surface area contributed by atoms with E-state index in [-0.39, 0.29) is 5.91 Å². The van der Waals surface area contributed by atoms with Gasteiger partial charge in [0.05, 0.1) is 6.20 Å². The number of nitrogens with zero attached hydrogens (tertiary/aromatic N) is 3. The average Bonchev–Trinajstić information content (AvgIpc) is 3.23. The Balaban J connectivity index is 1.29. The maximum absolute atomic E-state index is 12.3. The molecule has 4 aromatic rings. The molecule has 0 spiro atoms. The summed E-state index contributed by atoms with van der Waals surface area (Å²) in [5, 5.41) is 3.63. The minimum absolute atomic E-state index is 0.0856. The predicted molar refractivity (Wildman–Crippen MR) is 121 cm³/mol. The van der Waals surface area contributed by atoms with Gasteiger partial charge in [0.2, 0.25) is 5.91 Å². The molecule has 1 N–H and O–H groups in total. The van der Waals surface area contributed by atoms with Gasteiger partial charge < -0.3 is 9.73 Å². The molecule has 31 heavy (non-hydrogen) atoms. The maximum atomic E-state index is 12.3. The van der Waals surface area contributed by atoms with Crippen LogP contribution in [0.5, 0.6) is 0 Å². The third-order valence-corrected chi connectivity index (χ3v) is 5.36. The Morgan fingerprint density at radius 3 is 2.42 bits per heavy atom. The second-order valence-corrected chi connectivity index (χ2v) is 8.13. The smallest absolute Gasteiger partial charge is 0.224 e. The van der Waals surface area contributed by atoms with Crippen molar-refractivity contribution < 1.29 is 9.21 Å². The van der Waals surface area contributed by atoms with Crippen molar-refractivity contribution in [1.29, 1.82) is 0 Å². The molecule has 0 saturated carbocycles. The van der Waals surface area contributed by atoms with Crippen LogP contribution in [0.4, 0.5) is 5.69 Å². The first-order valence-corrected chi connectivity index (χ1v) is 10.8. The van der Waals surface area contributed by atoms with E-state index in [2.05, 4.69) is 20.3 Å². The number of nitrogens with one attached hydrogen (secondary N) is 1. The second-order valence-electron chi connectivity index (χ2n) is 7.09. The summed E-state index contributed by atoms with van der Waals surface area (Å²) in [6.07, 6.45) is 2.43. The first-order valence-electron chi connectivity index (χ1n) is 9.95. The van der Waals surface area contributed by atoms with Crippen LogP contribution < -0.4 is 5.32 Å². The van der Waals surface area contributed by atoms with E-state index < -0.39 is 0 Å². The molecule has 156 valence electrons. The van der Waals surface area contributed by atoms with Gasteiger partial charge in [-0.2, -0.15) is 0 Å². The zero-order valence-corrected chi connectivity index (χ0v) is 18.1. The molecular weight excluding hydrogens is 408 g/mol. The number of hydrogen-bond donors (Lipinski definition) is 1. The molecule has 2 heterocycles. The fraction of sp³-hybridized carbons (Fsp3) is 0.167. The normalized spacial score (nSPS) is 10.8. The third-order valence-electron chi connectivity index (χ3n) is 4.49. The quantitative estimate of drug-likeness (QED) is 0.392. The van der Waals surface area contributed by atoms with Gasteiger partial charge >= 0.3 is 0 Å². The Morgan fingerprint density at radius 1 is 1.00 bits per heavy atom. The standard InChI is InChI=1S/C24H22N4O2S/c1-16-14-17(2)27-24(26-16)31-20-10-8-19(9-11-20)28-22(29)12-13-23-25-15-21(30-23)18-6-4-3-5-7-18/h3-11,14-15H,12-13H2,1-2H3,(H,28,29). The summed E-state index contributed by atoms with van der Waals surface area (Å²) < 4.78 is 5.75. The summed E-state index contributed by atoms with van der Waals surface area (Å²) in [4.78, 5) is 26.5. The van der Waals surface area contributed by atoms with Crippen LogP contribution in [0.25, 0.3) is 11.3 Å². The van der Waals surface area contributed by atoms with Crippen LogP contribution in [-0.4, -0.2) is 20.9 Å². The van der Waals surface area contributed by atoms with Crippen molar-refractivity contribution in [3.05, 3.63) is 84.1 Å². The van der Waals surface area contributed by atoms with E-state index in [1.807, 2.05) is 74.5 Å². The highest BCUT2D eigenvalue weighted by molar-refractivity contribution is 7.99. The van der Waals surface area contributed by atoms with Crippen molar-refractivity contribution in [1.82, 2.24) is 15.0 Å². The highest BCUT2D eigenvalue weighted by Crippen LogP contribution is 2.26. The first kappa shape index (κ1) is 20.8. The molecule has 0 unspecified atom stereocenters. The lowest BCUT2D eigenvalue weighted by molar-refractivity contribution is -0.116. The van der Waals surface area contributed by atoms with Gasteiger partial charge in [-0.3, -0.25) is 4.79 Å². The fourth-order valence-electron chi connectivity index (χ4n) is 3.06. The molecule has 7 heteroatoms. The molecule has 6 nitrogen and oxygen atoms in total. The van der Waals surface area contributed by atoms with Crippen LogP contribution in [0.15, 0.2) is 81.3 Å². The molecule has 2 aromatic carbocycles. The summed E-state index contributed by atoms with van der Waals surface area (Å²) in [6, 6.07) is 19.4. The number of aryl methyl sites for hydroxylation is 3. The van der Waals surface area contributed by atoms with E-state index in [4.69, 9.17) is 4.42 Å². The number of oxazole rings is 1. The van der Waals surface area contributed by atoms with Crippen LogP contribution in [0.1, 0.15) is 23.7 Å². The molecule has 0 fully saturated rings. The van der Waals surface area contributed by atoms with E-state index >= 15 is 0 Å². The Kier molecular flexibility index (Phi) is 6.43. The largest absolute Gasteiger partial charge is 0.441 e. The zero-order valence-electron chi connectivity index (χ0n) is 17.3. The van der Waals surface area contributed by atoms with Crippen molar-refractivity contribution in [3.8, 4) is 11.3 Å². The lowest BCUT2D eigenvalue weighted by Gasteiger charge is -2.06. The van der Waals surface area contributed by atoms with Crippen LogP contribution in [0.2, 0.25) is 0 Å². The SMILES string of the molecule is Cc1cc(C)nc(Sc2ccc(NC(=O)CCc3ncc(-c4ccccc4)o3)cc2)n1. The first-order chi connectivity index (χ1) is 15.0. The summed E-state index contributed by atoms with van der Waals surface area (Å²) >= 11 is 1.50. The van der Waals surface area contributed by atoms with Gasteiger partial charge in [0.15, 0.2) is 16.8 Å². The van der Waals surface area contributed by atoms with Crippen LogP contribution in [0, 0.1) is 13.8 Å². The maximum Gasteiger partial charge on any atom is 0.224 e. The van der Waals surface area contributed by atoms with Crippen LogP contribution in [0.3, 0.4) is 0 Å². The van der Waals surface area contributed by atoms with Gasteiger partial charge in [-0.15, -0.1) is 0 Å². The molecule has 0 bridgehead atoms. The molecule has 1 amide bonds. The Labute approximate surface area is 185 Å². The van der Waals surface area contributed by atoms with Crippen LogP contribution in [-0.2, 0) is 11.2 Å². The average molecular weight is 431 g/mol. The van der Waals surface area contributed by atoms with Crippen molar-refractivity contribution in [2.75, 3.05) is 5.32 Å². The van der Waals surface area contributed by atoms with E-state index in [1.54, 1.807) is 6.20 Å². The lowest BCUT2D eigenvalue weighted by atomic mass is 10.2. The number of benzene rings is 2. The van der Waals surface area contributed by atoms with Gasteiger partial charge in [0.25, 0.3) is 0 Å². The van der Waals surface area contributed by atoms with Crippen molar-refractivity contribution in [2.24, 2.45) is 0 Å². The molecular formula is C24H22N4O2S. The molecule has 2 aromatic heterocycles. The molecule has 0 aliphatic rings. The second kappa shape index (κ2) is 9.57. The number of amides is 1. The molecule has 0 radical (unpaired) electrons. The van der Waals surface area contributed by atoms with Crippen molar-refractivity contribution in [3.63, 3.8) is 0 Å². The van der Waals surface area contributed by atoms with E-state index in [0.717, 1.165) is 32.7 Å². The van der Waals surface area contributed by atoms with E-state index in [0.29, 0.717) is 24.5 Å². The van der Waals surface area contributed by atoms with Crippen molar-refractivity contribution >= 4 is 23.4 Å². The van der Waals surface area contributed by atoms with Gasteiger partial charge in [-0.25, -0.2) is 15.0 Å². The summed E-state index contributed by atoms with van der Waals surface area (Å²) in [5.74, 6) is 1.17. The molecule has 0 aliphatic carbocycles. The minimum atomic E-state index is -0.0856. The number of aromatic nitrogens is 3. The fourth-order valence-corrected chi connectivity index (χ4v) is 3.92. The molecule has 0 aliphatic heterocycles. The Bertz CT molecular complexity index is 1150. The zero-order chi connectivity index (χ0) is 21.6. The monoisotopic (exact) mass is 430 g/mol. The van der Waals surface area contributed by atoms with E-state index in [9.17, 15) is 4.79 Å². The topological polar surface area (TPSA) is 80.9 Å². The Hall–Kier alpha value is -3.45. The summed E-state index contributed by atoms with van der Waals surface area (Å²) in [6.45, 7) is 3.91. The van der Waals surface area contributed by atoms with Crippen LogP contribution >= 0.6 is 11.8 Å². The van der Waals surface area contributed by atoms with Gasteiger partial charge in [-0.05, 0) is 55.9 Å². The number of anilines is 1. The highest BCUT2D eigenvalue weighted by atomic mass is 32.2. The highest BCUT2D eigenvalue weighted by Gasteiger charge is 2.10. The van der Waals surface area contributed by atoms with Gasteiger partial charge in [-0.1, -0.05) is 30.3 Å². The van der Waals surface area contributed by atoms with Crippen molar-refractivity contribution in [2.45, 2.75) is 36.7 Å². The number of rotatable bonds is 7. The Morgan fingerprint density at radius 2 is 1.71 bits per heavy atom. The van der Waals surface area contributed by atoms with E-state index in [1.165, 1.54) is 11.8 Å². The minimum Gasteiger partial charge on any atom is -0.441 e. The molecule has 0 atom stereocenters. The van der Waals surface area contributed by atoms with Gasteiger partial charge in [0.1, 0.15) is 0 Å². The summed E-state index contributed by atoms with van der Waals surface area (Å²) in [7, 11) is 0. The number of carbonyl (C=O) groups is 1. The molecule has 4 rings (SSSR count). The number of hydrogen-bond acceptors (Lipinski definition) is 6. The third kappa shape index (κ3) is 5.79. The summed E-state index contributed by atoms with van der Waals surface area (Å²) in [5.41, 5.74) is 3.60. The predicted octanol–water partition coefficient (Wildman–Crippen LogP) is 5.47. The molecule has 0 saturated heterocycles. The van der Waals surface area contributed by atoms with Gasteiger partial charge in [0, 0.05) is 40.4 Å². The lowest BCUT2D eigenvalue weighted by Crippen LogP contribution is -2.12. The number of carbonyl (C=O) groups excluding carboxylic acids is 1.